The second-order valence-corrected chi connectivity index (χ2v) is 5.01. The summed E-state index contributed by atoms with van der Waals surface area (Å²) in [6, 6.07) is 0. The Labute approximate surface area is 91.6 Å². The Hall–Kier alpha value is -0.610. The van der Waals surface area contributed by atoms with E-state index in [0.717, 1.165) is 25.9 Å². The first-order valence-electron chi connectivity index (χ1n) is 5.64. The van der Waals surface area contributed by atoms with Crippen LogP contribution in [0.2, 0.25) is 0 Å². The molecule has 1 heterocycles. The highest BCUT2D eigenvalue weighted by Crippen LogP contribution is 2.11. The first kappa shape index (κ1) is 12.5. The molecule has 4 heteroatoms. The van der Waals surface area contributed by atoms with Crippen LogP contribution in [0.15, 0.2) is 0 Å². The van der Waals surface area contributed by atoms with Crippen molar-refractivity contribution in [3.05, 3.63) is 0 Å². The number of rotatable bonds is 5. The lowest BCUT2D eigenvalue weighted by Gasteiger charge is -2.23. The minimum absolute atomic E-state index is 0.137. The van der Waals surface area contributed by atoms with Gasteiger partial charge in [0.05, 0.1) is 6.54 Å². The lowest BCUT2D eigenvalue weighted by molar-refractivity contribution is -0.129. The van der Waals surface area contributed by atoms with Crippen molar-refractivity contribution < 1.29 is 9.90 Å². The SMILES string of the molecule is CC(C)(CO)CNCC(=O)N1CCCC1. The summed E-state index contributed by atoms with van der Waals surface area (Å²) in [5.41, 5.74) is -0.148. The van der Waals surface area contributed by atoms with E-state index in [0.29, 0.717) is 13.1 Å². The van der Waals surface area contributed by atoms with Crippen LogP contribution >= 0.6 is 0 Å². The molecule has 4 nitrogen and oxygen atoms in total. The van der Waals surface area contributed by atoms with E-state index in [4.69, 9.17) is 5.11 Å². The maximum atomic E-state index is 11.6. The summed E-state index contributed by atoms with van der Waals surface area (Å²) >= 11 is 0. The van der Waals surface area contributed by atoms with E-state index in [1.54, 1.807) is 0 Å². The fourth-order valence-corrected chi connectivity index (χ4v) is 1.64. The van der Waals surface area contributed by atoms with Crippen molar-refractivity contribution in [1.29, 1.82) is 0 Å². The third kappa shape index (κ3) is 4.18. The van der Waals surface area contributed by atoms with Crippen LogP contribution in [0.4, 0.5) is 0 Å². The number of carbonyl (C=O) groups excluding carboxylic acids is 1. The first-order valence-corrected chi connectivity index (χ1v) is 5.64. The highest BCUT2D eigenvalue weighted by Gasteiger charge is 2.19. The summed E-state index contributed by atoms with van der Waals surface area (Å²) < 4.78 is 0. The Morgan fingerprint density at radius 3 is 2.53 bits per heavy atom. The molecule has 1 rings (SSSR count). The van der Waals surface area contributed by atoms with Crippen LogP contribution in [0.3, 0.4) is 0 Å². The average Bonchev–Trinajstić information content (AvgIpc) is 2.70. The van der Waals surface area contributed by atoms with Crippen molar-refractivity contribution in [1.82, 2.24) is 10.2 Å². The number of nitrogens with zero attached hydrogens (tertiary/aromatic N) is 1. The Balaban J connectivity index is 2.16. The van der Waals surface area contributed by atoms with Gasteiger partial charge < -0.3 is 15.3 Å². The summed E-state index contributed by atoms with van der Waals surface area (Å²) in [6.07, 6.45) is 2.27. The van der Waals surface area contributed by atoms with Crippen LogP contribution in [-0.4, -0.2) is 48.7 Å². The van der Waals surface area contributed by atoms with Crippen LogP contribution in [-0.2, 0) is 4.79 Å². The van der Waals surface area contributed by atoms with E-state index >= 15 is 0 Å². The normalized spacial score (nSPS) is 17.1. The lowest BCUT2D eigenvalue weighted by atomic mass is 9.95. The zero-order valence-electron chi connectivity index (χ0n) is 9.75. The highest BCUT2D eigenvalue weighted by atomic mass is 16.3. The van der Waals surface area contributed by atoms with Crippen LogP contribution in [0, 0.1) is 5.41 Å². The van der Waals surface area contributed by atoms with E-state index in [9.17, 15) is 4.79 Å². The van der Waals surface area contributed by atoms with Crippen LogP contribution in [0.25, 0.3) is 0 Å². The number of nitrogens with one attached hydrogen (secondary N) is 1. The Morgan fingerprint density at radius 1 is 1.40 bits per heavy atom. The third-order valence-corrected chi connectivity index (χ3v) is 2.77. The largest absolute Gasteiger partial charge is 0.396 e. The molecule has 0 saturated carbocycles. The molecule has 0 bridgehead atoms. The molecule has 15 heavy (non-hydrogen) atoms. The maximum absolute atomic E-state index is 11.6. The molecule has 0 atom stereocenters. The van der Waals surface area contributed by atoms with Gasteiger partial charge in [-0.05, 0) is 12.8 Å². The van der Waals surface area contributed by atoms with E-state index in [-0.39, 0.29) is 17.9 Å². The zero-order valence-corrected chi connectivity index (χ0v) is 9.75. The molecule has 1 saturated heterocycles. The van der Waals surface area contributed by atoms with Crippen LogP contribution in [0.1, 0.15) is 26.7 Å². The molecular formula is C11H22N2O2. The summed E-state index contributed by atoms with van der Waals surface area (Å²) in [7, 11) is 0. The molecule has 0 spiro atoms. The van der Waals surface area contributed by atoms with Gasteiger partial charge in [0.15, 0.2) is 0 Å². The van der Waals surface area contributed by atoms with Gasteiger partial charge in [0, 0.05) is 31.7 Å². The average molecular weight is 214 g/mol. The Bertz CT molecular complexity index is 211. The van der Waals surface area contributed by atoms with Gasteiger partial charge in [0.25, 0.3) is 0 Å². The van der Waals surface area contributed by atoms with Gasteiger partial charge >= 0.3 is 0 Å². The standard InChI is InChI=1S/C11H22N2O2/c1-11(2,9-14)8-12-7-10(15)13-5-3-4-6-13/h12,14H,3-9H2,1-2H3. The molecule has 88 valence electrons. The molecule has 2 N–H and O–H groups in total. The third-order valence-electron chi connectivity index (χ3n) is 2.77. The molecule has 1 aliphatic heterocycles. The number of amides is 1. The fourth-order valence-electron chi connectivity index (χ4n) is 1.64. The van der Waals surface area contributed by atoms with Crippen molar-refractivity contribution in [2.24, 2.45) is 5.41 Å². The number of carbonyl (C=O) groups is 1. The van der Waals surface area contributed by atoms with Crippen molar-refractivity contribution in [2.45, 2.75) is 26.7 Å². The zero-order chi connectivity index (χ0) is 11.3. The predicted octanol–water partition coefficient (Wildman–Crippen LogP) is 0.217. The lowest BCUT2D eigenvalue weighted by Crippen LogP contribution is -2.40. The van der Waals surface area contributed by atoms with E-state index in [2.05, 4.69) is 5.32 Å². The number of aliphatic hydroxyl groups excluding tert-OH is 1. The van der Waals surface area contributed by atoms with Gasteiger partial charge in [-0.15, -0.1) is 0 Å². The Morgan fingerprint density at radius 2 is 2.00 bits per heavy atom. The molecule has 0 aromatic carbocycles. The predicted molar refractivity (Wildman–Crippen MR) is 59.6 cm³/mol. The molecule has 0 aromatic rings. The van der Waals surface area contributed by atoms with Gasteiger partial charge in [-0.3, -0.25) is 4.79 Å². The fraction of sp³-hybridized carbons (Fsp3) is 0.909. The molecule has 0 aliphatic carbocycles. The summed E-state index contributed by atoms with van der Waals surface area (Å²) in [5, 5.41) is 12.1. The molecule has 0 radical (unpaired) electrons. The van der Waals surface area contributed by atoms with Gasteiger partial charge in [-0.1, -0.05) is 13.8 Å². The van der Waals surface area contributed by atoms with Gasteiger partial charge in [0.1, 0.15) is 0 Å². The first-order chi connectivity index (χ1) is 7.05. The number of hydrogen-bond acceptors (Lipinski definition) is 3. The monoisotopic (exact) mass is 214 g/mol. The molecule has 1 fully saturated rings. The maximum Gasteiger partial charge on any atom is 0.236 e. The van der Waals surface area contributed by atoms with Crippen molar-refractivity contribution in [2.75, 3.05) is 32.8 Å². The smallest absolute Gasteiger partial charge is 0.236 e. The van der Waals surface area contributed by atoms with E-state index in [1.165, 1.54) is 0 Å². The second kappa shape index (κ2) is 5.47. The molecule has 0 aromatic heterocycles. The van der Waals surface area contributed by atoms with Crippen LogP contribution in [0.5, 0.6) is 0 Å². The minimum atomic E-state index is -0.148. The van der Waals surface area contributed by atoms with Crippen molar-refractivity contribution >= 4 is 5.91 Å². The minimum Gasteiger partial charge on any atom is -0.396 e. The number of hydrogen-bond donors (Lipinski definition) is 2. The van der Waals surface area contributed by atoms with Gasteiger partial charge in [-0.25, -0.2) is 0 Å². The Kier molecular flexibility index (Phi) is 4.54. The van der Waals surface area contributed by atoms with Crippen molar-refractivity contribution in [3.8, 4) is 0 Å². The number of likely N-dealkylation sites (tertiary alicyclic amines) is 1. The quantitative estimate of drug-likeness (QED) is 0.688. The highest BCUT2D eigenvalue weighted by molar-refractivity contribution is 5.78. The van der Waals surface area contributed by atoms with E-state index in [1.807, 2.05) is 18.7 Å². The topological polar surface area (TPSA) is 52.6 Å². The molecular weight excluding hydrogens is 192 g/mol. The van der Waals surface area contributed by atoms with Crippen LogP contribution < -0.4 is 5.32 Å². The summed E-state index contributed by atoms with van der Waals surface area (Å²) in [4.78, 5) is 13.5. The van der Waals surface area contributed by atoms with Gasteiger partial charge in [-0.2, -0.15) is 0 Å². The van der Waals surface area contributed by atoms with Crippen molar-refractivity contribution in [3.63, 3.8) is 0 Å². The van der Waals surface area contributed by atoms with Gasteiger partial charge in [0.2, 0.25) is 5.91 Å². The second-order valence-electron chi connectivity index (χ2n) is 5.01. The molecule has 1 aliphatic rings. The molecule has 1 amide bonds. The summed E-state index contributed by atoms with van der Waals surface area (Å²) in [5.74, 6) is 0.182. The van der Waals surface area contributed by atoms with E-state index < -0.39 is 0 Å². The molecule has 0 unspecified atom stereocenters. The summed E-state index contributed by atoms with van der Waals surface area (Å²) in [6.45, 7) is 6.96. The number of aliphatic hydroxyl groups is 1.